The Morgan fingerprint density at radius 1 is 1.38 bits per heavy atom. The van der Waals surface area contributed by atoms with Crippen LogP contribution in [0.1, 0.15) is 18.2 Å². The van der Waals surface area contributed by atoms with E-state index in [0.29, 0.717) is 25.4 Å². The van der Waals surface area contributed by atoms with Gasteiger partial charge in [0.25, 0.3) is 0 Å². The first-order chi connectivity index (χ1) is 7.70. The minimum absolute atomic E-state index is 0.00639. The highest BCUT2D eigenvalue weighted by Crippen LogP contribution is 2.37. The van der Waals surface area contributed by atoms with E-state index >= 15 is 0 Å². The molecule has 0 amide bonds. The molecule has 0 bridgehead atoms. The van der Waals surface area contributed by atoms with Crippen LogP contribution in [0.2, 0.25) is 0 Å². The van der Waals surface area contributed by atoms with E-state index in [1.54, 1.807) is 12.1 Å². The number of halogens is 1. The molecular weight excluding hydrogens is 215 g/mol. The van der Waals surface area contributed by atoms with Crippen LogP contribution in [0.5, 0.6) is 11.5 Å². The molecule has 0 fully saturated rings. The lowest BCUT2D eigenvalue weighted by molar-refractivity contribution is -0.143. The molecule has 16 heavy (non-hydrogen) atoms. The molecule has 86 valence electrons. The number of aliphatic carboxylic acids is 1. The first-order valence-corrected chi connectivity index (χ1v) is 4.95. The fourth-order valence-corrected chi connectivity index (χ4v) is 1.55. The van der Waals surface area contributed by atoms with Gasteiger partial charge in [-0.3, -0.25) is 0 Å². The molecule has 1 aliphatic rings. The van der Waals surface area contributed by atoms with Crippen LogP contribution in [0.4, 0.5) is 4.39 Å². The first kappa shape index (κ1) is 10.7. The smallest absolute Gasteiger partial charge is 0.343 e. The summed E-state index contributed by atoms with van der Waals surface area (Å²) in [6.07, 6.45) is -1.39. The topological polar surface area (TPSA) is 55.8 Å². The fraction of sp³-hybridized carbons (Fsp3) is 0.364. The van der Waals surface area contributed by atoms with Gasteiger partial charge in [-0.05, 0) is 6.07 Å². The average molecular weight is 226 g/mol. The van der Waals surface area contributed by atoms with Crippen LogP contribution in [0.3, 0.4) is 0 Å². The van der Waals surface area contributed by atoms with Crippen LogP contribution in [0.25, 0.3) is 0 Å². The zero-order valence-electron chi connectivity index (χ0n) is 8.48. The van der Waals surface area contributed by atoms with Crippen molar-refractivity contribution < 1.29 is 23.8 Å². The third-order valence-electron chi connectivity index (χ3n) is 2.29. The number of ether oxygens (including phenoxy) is 2. The molecule has 5 heteroatoms. The van der Waals surface area contributed by atoms with Gasteiger partial charge in [0.15, 0.2) is 11.5 Å². The zero-order chi connectivity index (χ0) is 11.5. The Kier molecular flexibility index (Phi) is 2.94. The Balaban J connectivity index is 2.42. The van der Waals surface area contributed by atoms with E-state index in [-0.39, 0.29) is 11.3 Å². The van der Waals surface area contributed by atoms with Gasteiger partial charge in [0.2, 0.25) is 6.17 Å². The molecule has 0 saturated carbocycles. The second-order valence-corrected chi connectivity index (χ2v) is 3.43. The Morgan fingerprint density at radius 3 is 2.88 bits per heavy atom. The highest BCUT2D eigenvalue weighted by molar-refractivity contribution is 5.76. The van der Waals surface area contributed by atoms with Gasteiger partial charge in [-0.15, -0.1) is 0 Å². The van der Waals surface area contributed by atoms with E-state index in [2.05, 4.69) is 0 Å². The number of hydrogen-bond donors (Lipinski definition) is 1. The standard InChI is InChI=1S/C11H11FO4/c12-9(11(13)14)7-3-1-4-8-10(7)16-6-2-5-15-8/h1,3-4,9H,2,5-6H2,(H,13,14). The Bertz CT molecular complexity index is 405. The van der Waals surface area contributed by atoms with Gasteiger partial charge >= 0.3 is 5.97 Å². The number of fused-ring (bicyclic) bond motifs is 1. The van der Waals surface area contributed by atoms with Crippen molar-refractivity contribution in [2.45, 2.75) is 12.6 Å². The molecule has 2 rings (SSSR count). The Labute approximate surface area is 91.6 Å². The molecule has 0 saturated heterocycles. The van der Waals surface area contributed by atoms with Crippen LogP contribution < -0.4 is 9.47 Å². The normalized spacial score (nSPS) is 16.3. The largest absolute Gasteiger partial charge is 0.490 e. The summed E-state index contributed by atoms with van der Waals surface area (Å²) in [7, 11) is 0. The van der Waals surface area contributed by atoms with Crippen molar-refractivity contribution in [2.75, 3.05) is 13.2 Å². The molecule has 1 atom stereocenters. The summed E-state index contributed by atoms with van der Waals surface area (Å²) in [5.41, 5.74) is 0.00639. The van der Waals surface area contributed by atoms with Gasteiger partial charge in [-0.1, -0.05) is 12.1 Å². The molecule has 4 nitrogen and oxygen atoms in total. The van der Waals surface area contributed by atoms with Crippen molar-refractivity contribution in [3.8, 4) is 11.5 Å². The van der Waals surface area contributed by atoms with Gasteiger partial charge in [-0.2, -0.15) is 0 Å². The van der Waals surface area contributed by atoms with Crippen molar-refractivity contribution in [1.82, 2.24) is 0 Å². The van der Waals surface area contributed by atoms with Gasteiger partial charge in [0.1, 0.15) is 0 Å². The van der Waals surface area contributed by atoms with E-state index < -0.39 is 12.1 Å². The summed E-state index contributed by atoms with van der Waals surface area (Å²) in [5.74, 6) is -0.921. The molecule has 0 radical (unpaired) electrons. The summed E-state index contributed by atoms with van der Waals surface area (Å²) >= 11 is 0. The molecule has 1 heterocycles. The Morgan fingerprint density at radius 2 is 2.12 bits per heavy atom. The molecule has 1 aliphatic heterocycles. The molecule has 0 aromatic heterocycles. The van der Waals surface area contributed by atoms with E-state index in [4.69, 9.17) is 14.6 Å². The van der Waals surface area contributed by atoms with Crippen LogP contribution in [-0.2, 0) is 4.79 Å². The number of carboxylic acid groups (broad SMARTS) is 1. The zero-order valence-corrected chi connectivity index (χ0v) is 8.48. The van der Waals surface area contributed by atoms with Crippen molar-refractivity contribution in [3.05, 3.63) is 23.8 Å². The molecule has 0 spiro atoms. The lowest BCUT2D eigenvalue weighted by atomic mass is 10.1. The lowest BCUT2D eigenvalue weighted by Crippen LogP contribution is -2.08. The van der Waals surface area contributed by atoms with E-state index in [1.807, 2.05) is 0 Å². The van der Waals surface area contributed by atoms with Crippen LogP contribution in [0.15, 0.2) is 18.2 Å². The minimum Gasteiger partial charge on any atom is -0.490 e. The SMILES string of the molecule is O=C(O)C(F)c1cccc2c1OCCCO2. The van der Waals surface area contributed by atoms with Gasteiger partial charge < -0.3 is 14.6 Å². The molecule has 1 aromatic rings. The third kappa shape index (κ3) is 1.93. The van der Waals surface area contributed by atoms with Crippen LogP contribution in [0, 0.1) is 0 Å². The minimum atomic E-state index is -2.09. The number of benzene rings is 1. The molecule has 1 unspecified atom stereocenters. The highest BCUT2D eigenvalue weighted by Gasteiger charge is 2.25. The molecule has 0 aliphatic carbocycles. The molecule has 1 aromatic carbocycles. The lowest BCUT2D eigenvalue weighted by Gasteiger charge is -2.12. The summed E-state index contributed by atoms with van der Waals surface area (Å²) < 4.78 is 24.1. The summed E-state index contributed by atoms with van der Waals surface area (Å²) in [6.45, 7) is 0.886. The van der Waals surface area contributed by atoms with E-state index in [9.17, 15) is 9.18 Å². The maximum absolute atomic E-state index is 13.4. The maximum Gasteiger partial charge on any atom is 0.343 e. The van der Waals surface area contributed by atoms with Crippen molar-refractivity contribution in [2.24, 2.45) is 0 Å². The van der Waals surface area contributed by atoms with Gasteiger partial charge in [0.05, 0.1) is 13.2 Å². The Hall–Kier alpha value is -1.78. The predicted molar refractivity (Wildman–Crippen MR) is 53.5 cm³/mol. The fourth-order valence-electron chi connectivity index (χ4n) is 1.55. The van der Waals surface area contributed by atoms with Crippen LogP contribution in [-0.4, -0.2) is 24.3 Å². The monoisotopic (exact) mass is 226 g/mol. The molecule has 1 N–H and O–H groups in total. The van der Waals surface area contributed by atoms with Crippen molar-refractivity contribution in [3.63, 3.8) is 0 Å². The number of carboxylic acids is 1. The average Bonchev–Trinajstić information content (AvgIpc) is 2.52. The number of carbonyl (C=O) groups is 1. The number of hydrogen-bond acceptors (Lipinski definition) is 3. The maximum atomic E-state index is 13.4. The van der Waals surface area contributed by atoms with Crippen molar-refractivity contribution >= 4 is 5.97 Å². The van der Waals surface area contributed by atoms with Gasteiger partial charge in [0, 0.05) is 12.0 Å². The quantitative estimate of drug-likeness (QED) is 0.837. The number of rotatable bonds is 2. The number of alkyl halides is 1. The van der Waals surface area contributed by atoms with E-state index in [0.717, 1.165) is 0 Å². The highest BCUT2D eigenvalue weighted by atomic mass is 19.1. The molecular formula is C11H11FO4. The summed E-state index contributed by atoms with van der Waals surface area (Å²) in [5, 5.41) is 8.64. The van der Waals surface area contributed by atoms with Crippen molar-refractivity contribution in [1.29, 1.82) is 0 Å². The summed E-state index contributed by atoms with van der Waals surface area (Å²) in [6, 6.07) is 4.59. The predicted octanol–water partition coefficient (Wildman–Crippen LogP) is 1.94. The second kappa shape index (κ2) is 4.38. The van der Waals surface area contributed by atoms with E-state index in [1.165, 1.54) is 6.07 Å². The number of para-hydroxylation sites is 1. The first-order valence-electron chi connectivity index (χ1n) is 4.95. The summed E-state index contributed by atoms with van der Waals surface area (Å²) in [4.78, 5) is 10.6. The van der Waals surface area contributed by atoms with Gasteiger partial charge in [-0.25, -0.2) is 9.18 Å². The van der Waals surface area contributed by atoms with Crippen LogP contribution >= 0.6 is 0 Å². The second-order valence-electron chi connectivity index (χ2n) is 3.43. The third-order valence-corrected chi connectivity index (χ3v) is 2.29.